The van der Waals surface area contributed by atoms with Crippen LogP contribution < -0.4 is 5.32 Å². The lowest BCUT2D eigenvalue weighted by atomic mass is 9.65. The molecule has 0 spiro atoms. The van der Waals surface area contributed by atoms with Crippen molar-refractivity contribution in [2.75, 3.05) is 6.54 Å². The Morgan fingerprint density at radius 1 is 1.05 bits per heavy atom. The SMILES string of the molecule is CCNC(C1CCC(C)CC1)C1(CC(C)C)CCCC1. The van der Waals surface area contributed by atoms with E-state index in [0.29, 0.717) is 5.41 Å². The second kappa shape index (κ2) is 7.29. The van der Waals surface area contributed by atoms with Gasteiger partial charge in [-0.05, 0) is 61.8 Å². The maximum absolute atomic E-state index is 3.96. The summed E-state index contributed by atoms with van der Waals surface area (Å²) in [4.78, 5) is 0. The lowest BCUT2D eigenvalue weighted by Gasteiger charge is -2.46. The second-order valence-electron chi connectivity index (χ2n) is 8.22. The normalized spacial score (nSPS) is 31.6. The molecule has 0 aromatic rings. The summed E-state index contributed by atoms with van der Waals surface area (Å²) in [7, 11) is 0. The molecule has 118 valence electrons. The van der Waals surface area contributed by atoms with E-state index in [-0.39, 0.29) is 0 Å². The van der Waals surface area contributed by atoms with Crippen LogP contribution in [0.1, 0.15) is 85.5 Å². The highest BCUT2D eigenvalue weighted by Gasteiger charge is 2.44. The zero-order valence-corrected chi connectivity index (χ0v) is 14.4. The fraction of sp³-hybridized carbons (Fsp3) is 1.00. The van der Waals surface area contributed by atoms with E-state index in [1.54, 1.807) is 0 Å². The largest absolute Gasteiger partial charge is 0.313 e. The van der Waals surface area contributed by atoms with Gasteiger partial charge in [0.05, 0.1) is 0 Å². The summed E-state index contributed by atoms with van der Waals surface area (Å²) >= 11 is 0. The Hall–Kier alpha value is -0.0400. The minimum Gasteiger partial charge on any atom is -0.313 e. The predicted octanol–water partition coefficient (Wildman–Crippen LogP) is 5.40. The molecule has 0 radical (unpaired) electrons. The molecule has 0 amide bonds. The predicted molar refractivity (Wildman–Crippen MR) is 88.9 cm³/mol. The van der Waals surface area contributed by atoms with Crippen molar-refractivity contribution in [3.8, 4) is 0 Å². The lowest BCUT2D eigenvalue weighted by molar-refractivity contribution is 0.0848. The molecule has 0 aromatic heterocycles. The van der Waals surface area contributed by atoms with Gasteiger partial charge in [0, 0.05) is 6.04 Å². The fourth-order valence-corrected chi connectivity index (χ4v) is 5.26. The molecule has 2 saturated carbocycles. The van der Waals surface area contributed by atoms with Crippen LogP contribution in [0.2, 0.25) is 0 Å². The summed E-state index contributed by atoms with van der Waals surface area (Å²) in [6, 6.07) is 0.796. The van der Waals surface area contributed by atoms with E-state index in [0.717, 1.165) is 30.3 Å². The first-order valence-corrected chi connectivity index (χ1v) is 9.31. The number of hydrogen-bond acceptors (Lipinski definition) is 1. The van der Waals surface area contributed by atoms with Gasteiger partial charge in [-0.25, -0.2) is 0 Å². The molecule has 2 rings (SSSR count). The van der Waals surface area contributed by atoms with E-state index in [1.807, 2.05) is 0 Å². The van der Waals surface area contributed by atoms with Gasteiger partial charge in [0.1, 0.15) is 0 Å². The van der Waals surface area contributed by atoms with Gasteiger partial charge in [0.15, 0.2) is 0 Å². The molecule has 0 heterocycles. The molecule has 0 aliphatic heterocycles. The summed E-state index contributed by atoms with van der Waals surface area (Å²) in [6.07, 6.45) is 13.2. The second-order valence-corrected chi connectivity index (χ2v) is 8.22. The van der Waals surface area contributed by atoms with Gasteiger partial charge in [-0.3, -0.25) is 0 Å². The van der Waals surface area contributed by atoms with Crippen LogP contribution in [0.15, 0.2) is 0 Å². The summed E-state index contributed by atoms with van der Waals surface area (Å²) < 4.78 is 0. The highest BCUT2D eigenvalue weighted by atomic mass is 14.9. The van der Waals surface area contributed by atoms with Crippen molar-refractivity contribution in [1.82, 2.24) is 5.32 Å². The van der Waals surface area contributed by atoms with Crippen LogP contribution in [0.25, 0.3) is 0 Å². The topological polar surface area (TPSA) is 12.0 Å². The zero-order chi connectivity index (χ0) is 14.6. The highest BCUT2D eigenvalue weighted by Crippen LogP contribution is 2.50. The maximum atomic E-state index is 3.96. The molecule has 1 atom stereocenters. The number of hydrogen-bond donors (Lipinski definition) is 1. The molecule has 2 fully saturated rings. The van der Waals surface area contributed by atoms with Gasteiger partial charge in [-0.1, -0.05) is 53.4 Å². The molecule has 1 heteroatoms. The van der Waals surface area contributed by atoms with Gasteiger partial charge in [-0.2, -0.15) is 0 Å². The Balaban J connectivity index is 2.11. The third kappa shape index (κ3) is 3.78. The maximum Gasteiger partial charge on any atom is 0.0152 e. The van der Waals surface area contributed by atoms with E-state index in [2.05, 4.69) is 33.0 Å². The zero-order valence-electron chi connectivity index (χ0n) is 14.4. The molecule has 1 unspecified atom stereocenters. The molecule has 0 saturated heterocycles. The molecule has 1 nitrogen and oxygen atoms in total. The van der Waals surface area contributed by atoms with Gasteiger partial charge in [0.25, 0.3) is 0 Å². The third-order valence-corrected chi connectivity index (χ3v) is 6.03. The number of nitrogens with one attached hydrogen (secondary N) is 1. The van der Waals surface area contributed by atoms with Crippen LogP contribution >= 0.6 is 0 Å². The summed E-state index contributed by atoms with van der Waals surface area (Å²) in [5, 5.41) is 3.96. The smallest absolute Gasteiger partial charge is 0.0152 e. The molecule has 2 aliphatic rings. The molecule has 2 aliphatic carbocycles. The Kier molecular flexibility index (Phi) is 5.95. The fourth-order valence-electron chi connectivity index (χ4n) is 5.26. The highest BCUT2D eigenvalue weighted by molar-refractivity contribution is 4.99. The van der Waals surface area contributed by atoms with Crippen molar-refractivity contribution in [3.63, 3.8) is 0 Å². The standard InChI is InChI=1S/C19H37N/c1-5-20-18(17-10-8-16(4)9-11-17)19(14-15(2)3)12-6-7-13-19/h15-18,20H,5-14H2,1-4H3. The first-order chi connectivity index (χ1) is 9.57. The van der Waals surface area contributed by atoms with Crippen molar-refractivity contribution in [2.24, 2.45) is 23.2 Å². The van der Waals surface area contributed by atoms with Crippen LogP contribution in [0.5, 0.6) is 0 Å². The van der Waals surface area contributed by atoms with Gasteiger partial charge in [-0.15, -0.1) is 0 Å². The van der Waals surface area contributed by atoms with Crippen LogP contribution in [0, 0.1) is 23.2 Å². The summed E-state index contributed by atoms with van der Waals surface area (Å²) in [5.74, 6) is 2.76. The first kappa shape index (κ1) is 16.3. The van der Waals surface area contributed by atoms with E-state index in [4.69, 9.17) is 0 Å². The molecule has 1 N–H and O–H groups in total. The molecule has 20 heavy (non-hydrogen) atoms. The van der Waals surface area contributed by atoms with Gasteiger partial charge in [0.2, 0.25) is 0 Å². The van der Waals surface area contributed by atoms with Crippen molar-refractivity contribution in [1.29, 1.82) is 0 Å². The number of rotatable bonds is 6. The quantitative estimate of drug-likeness (QED) is 0.686. The Labute approximate surface area is 127 Å². The Bertz CT molecular complexity index is 269. The molecule has 0 aromatic carbocycles. The molecular formula is C19H37N. The van der Waals surface area contributed by atoms with Gasteiger partial charge >= 0.3 is 0 Å². The Morgan fingerprint density at radius 3 is 2.15 bits per heavy atom. The first-order valence-electron chi connectivity index (χ1n) is 9.31. The minimum atomic E-state index is 0.620. The van der Waals surface area contributed by atoms with E-state index < -0.39 is 0 Å². The summed E-state index contributed by atoms with van der Waals surface area (Å²) in [5.41, 5.74) is 0.620. The average molecular weight is 280 g/mol. The Morgan fingerprint density at radius 2 is 1.65 bits per heavy atom. The van der Waals surface area contributed by atoms with E-state index >= 15 is 0 Å². The van der Waals surface area contributed by atoms with Crippen molar-refractivity contribution in [3.05, 3.63) is 0 Å². The van der Waals surface area contributed by atoms with Crippen LogP contribution in [0.4, 0.5) is 0 Å². The lowest BCUT2D eigenvalue weighted by Crippen LogP contribution is -2.50. The van der Waals surface area contributed by atoms with Crippen LogP contribution in [0.3, 0.4) is 0 Å². The van der Waals surface area contributed by atoms with E-state index in [1.165, 1.54) is 57.8 Å². The van der Waals surface area contributed by atoms with E-state index in [9.17, 15) is 0 Å². The third-order valence-electron chi connectivity index (χ3n) is 6.03. The van der Waals surface area contributed by atoms with Crippen molar-refractivity contribution < 1.29 is 0 Å². The summed E-state index contributed by atoms with van der Waals surface area (Å²) in [6.45, 7) is 10.7. The van der Waals surface area contributed by atoms with Crippen molar-refractivity contribution in [2.45, 2.75) is 91.5 Å². The van der Waals surface area contributed by atoms with Gasteiger partial charge < -0.3 is 5.32 Å². The van der Waals surface area contributed by atoms with Crippen LogP contribution in [-0.4, -0.2) is 12.6 Å². The average Bonchev–Trinajstić information content (AvgIpc) is 2.86. The monoisotopic (exact) mass is 279 g/mol. The minimum absolute atomic E-state index is 0.620. The molecule has 0 bridgehead atoms. The van der Waals surface area contributed by atoms with Crippen molar-refractivity contribution >= 4 is 0 Å². The van der Waals surface area contributed by atoms with Crippen LogP contribution in [-0.2, 0) is 0 Å². The molecular weight excluding hydrogens is 242 g/mol.